The molecule has 14 nitrogen and oxygen atoms in total. The van der Waals surface area contributed by atoms with Crippen molar-refractivity contribution in [3.05, 3.63) is 59.7 Å². The first kappa shape index (κ1) is 33.0. The van der Waals surface area contributed by atoms with Gasteiger partial charge < -0.3 is 39.2 Å². The highest BCUT2D eigenvalue weighted by atomic mass is 16.7. The van der Waals surface area contributed by atoms with Crippen molar-refractivity contribution in [3.63, 3.8) is 0 Å². The monoisotopic (exact) mass is 602 g/mol. The van der Waals surface area contributed by atoms with Gasteiger partial charge >= 0.3 is 24.2 Å². The summed E-state index contributed by atoms with van der Waals surface area (Å²) in [4.78, 5) is 58.6. The number of fused-ring (bicyclic) bond motifs is 3. The van der Waals surface area contributed by atoms with Crippen molar-refractivity contribution in [2.24, 2.45) is 0 Å². The third-order valence-corrected chi connectivity index (χ3v) is 6.22. The highest BCUT2D eigenvalue weighted by molar-refractivity contribution is 5.85. The number of ether oxygens (including phenoxy) is 5. The predicted octanol–water partition coefficient (Wildman–Crippen LogP) is 2.10. The van der Waals surface area contributed by atoms with Gasteiger partial charge in [0.15, 0.2) is 0 Å². The third kappa shape index (κ3) is 11.0. The first-order valence-corrected chi connectivity index (χ1v) is 13.5. The average Bonchev–Trinajstić information content (AvgIpc) is 3.29. The molecule has 0 fully saturated rings. The van der Waals surface area contributed by atoms with Gasteiger partial charge in [-0.2, -0.15) is 0 Å². The number of rotatable bonds is 18. The zero-order valence-electron chi connectivity index (χ0n) is 23.4. The Balaban J connectivity index is 1.30. The van der Waals surface area contributed by atoms with Crippen LogP contribution in [-0.4, -0.2) is 111 Å². The van der Waals surface area contributed by atoms with E-state index in [0.29, 0.717) is 0 Å². The van der Waals surface area contributed by atoms with Gasteiger partial charge in [-0.15, -0.1) is 0 Å². The standard InChI is InChI=1S/C29H34N2O12/c32-25(30-10-12-40-14-16-41-15-13-39-11-9-27(35)43-29(37)38)17-31(18-26(33)34)28(36)42-19-24-22-7-3-1-5-20(22)21-6-2-4-8-23(21)24/h1-8,24H,9-19H2,(H,30,32)(H,33,34)(H,37,38). The van der Waals surface area contributed by atoms with Gasteiger partial charge in [0.2, 0.25) is 5.91 Å². The molecule has 14 heteroatoms. The van der Waals surface area contributed by atoms with E-state index in [9.17, 15) is 29.1 Å². The number of nitrogens with one attached hydrogen (secondary N) is 1. The number of carbonyl (C=O) groups is 5. The van der Waals surface area contributed by atoms with Crippen LogP contribution in [0.2, 0.25) is 0 Å². The molecule has 0 aliphatic heterocycles. The summed E-state index contributed by atoms with van der Waals surface area (Å²) < 4.78 is 25.2. The highest BCUT2D eigenvalue weighted by Crippen LogP contribution is 2.44. The molecule has 43 heavy (non-hydrogen) atoms. The lowest BCUT2D eigenvalue weighted by atomic mass is 9.98. The fourth-order valence-corrected chi connectivity index (χ4v) is 4.37. The van der Waals surface area contributed by atoms with Gasteiger partial charge in [-0.05, 0) is 22.3 Å². The summed E-state index contributed by atoms with van der Waals surface area (Å²) in [7, 11) is 0. The molecule has 2 aromatic rings. The Morgan fingerprint density at radius 2 is 1.30 bits per heavy atom. The molecule has 3 rings (SSSR count). The third-order valence-electron chi connectivity index (χ3n) is 6.22. The Kier molecular flexibility index (Phi) is 13.4. The van der Waals surface area contributed by atoms with Crippen molar-refractivity contribution in [2.75, 3.05) is 65.9 Å². The predicted molar refractivity (Wildman–Crippen MR) is 148 cm³/mol. The molecule has 232 valence electrons. The quantitative estimate of drug-likeness (QED) is 0.128. The molecule has 2 amide bonds. The molecule has 1 aliphatic carbocycles. The van der Waals surface area contributed by atoms with Crippen molar-refractivity contribution < 1.29 is 57.9 Å². The summed E-state index contributed by atoms with van der Waals surface area (Å²) in [5.74, 6) is -2.96. The molecule has 0 spiro atoms. The lowest BCUT2D eigenvalue weighted by Crippen LogP contribution is -2.44. The van der Waals surface area contributed by atoms with Gasteiger partial charge in [0.05, 0.1) is 46.1 Å². The summed E-state index contributed by atoms with van der Waals surface area (Å²) in [6, 6.07) is 15.6. The second kappa shape index (κ2) is 17.4. The number of hydrogen-bond acceptors (Lipinski definition) is 10. The number of carbonyl (C=O) groups excluding carboxylic acids is 3. The number of amides is 2. The number of aliphatic carboxylic acids is 1. The largest absolute Gasteiger partial charge is 0.513 e. The van der Waals surface area contributed by atoms with Crippen molar-refractivity contribution >= 4 is 30.1 Å². The zero-order chi connectivity index (χ0) is 31.0. The topological polar surface area (TPSA) is 187 Å². The van der Waals surface area contributed by atoms with Gasteiger partial charge in [-0.25, -0.2) is 9.59 Å². The number of carboxylic acids is 1. The number of nitrogens with zero attached hydrogens (tertiary/aromatic N) is 1. The Bertz CT molecular complexity index is 1220. The molecule has 0 saturated heterocycles. The second-order valence-electron chi connectivity index (χ2n) is 9.23. The Morgan fingerprint density at radius 1 is 0.744 bits per heavy atom. The van der Waals surface area contributed by atoms with Crippen LogP contribution in [0.5, 0.6) is 0 Å². The molecule has 0 unspecified atom stereocenters. The summed E-state index contributed by atoms with van der Waals surface area (Å²) in [6.07, 6.45) is -2.76. The van der Waals surface area contributed by atoms with E-state index in [1.165, 1.54) is 0 Å². The Hall–Kier alpha value is -4.53. The van der Waals surface area contributed by atoms with Crippen molar-refractivity contribution in [3.8, 4) is 11.1 Å². The molecule has 0 aromatic heterocycles. The van der Waals surface area contributed by atoms with Gasteiger partial charge in [-0.3, -0.25) is 19.3 Å². The van der Waals surface area contributed by atoms with E-state index in [1.807, 2.05) is 48.5 Å². The van der Waals surface area contributed by atoms with Crippen LogP contribution in [0.1, 0.15) is 23.5 Å². The van der Waals surface area contributed by atoms with Crippen molar-refractivity contribution in [1.29, 1.82) is 0 Å². The van der Waals surface area contributed by atoms with E-state index in [0.717, 1.165) is 27.2 Å². The highest BCUT2D eigenvalue weighted by Gasteiger charge is 2.30. The van der Waals surface area contributed by atoms with Crippen LogP contribution in [0.15, 0.2) is 48.5 Å². The number of carboxylic acid groups (broad SMARTS) is 2. The molecule has 3 N–H and O–H groups in total. The molecule has 0 saturated carbocycles. The Morgan fingerprint density at radius 3 is 1.88 bits per heavy atom. The van der Waals surface area contributed by atoms with Gasteiger partial charge in [0, 0.05) is 12.5 Å². The molecule has 0 heterocycles. The lowest BCUT2D eigenvalue weighted by Gasteiger charge is -2.21. The molecule has 0 atom stereocenters. The second-order valence-corrected chi connectivity index (χ2v) is 9.23. The van der Waals surface area contributed by atoms with Crippen LogP contribution < -0.4 is 5.32 Å². The molecule has 0 bridgehead atoms. The van der Waals surface area contributed by atoms with E-state index >= 15 is 0 Å². The number of benzene rings is 2. The fourth-order valence-electron chi connectivity index (χ4n) is 4.37. The maximum absolute atomic E-state index is 12.8. The molecule has 1 aliphatic rings. The first-order valence-electron chi connectivity index (χ1n) is 13.5. The van der Waals surface area contributed by atoms with Crippen LogP contribution in [-0.2, 0) is 38.1 Å². The van der Waals surface area contributed by atoms with E-state index in [-0.39, 0.29) is 65.1 Å². The van der Waals surface area contributed by atoms with Crippen LogP contribution in [0.3, 0.4) is 0 Å². The minimum Gasteiger partial charge on any atom is -0.480 e. The van der Waals surface area contributed by atoms with E-state index < -0.39 is 43.2 Å². The van der Waals surface area contributed by atoms with Gasteiger partial charge in [0.1, 0.15) is 19.7 Å². The maximum Gasteiger partial charge on any atom is 0.513 e. The summed E-state index contributed by atoms with van der Waals surface area (Å²) in [5, 5.41) is 20.1. The molecular formula is C29H34N2O12. The Labute approximate surface area is 247 Å². The van der Waals surface area contributed by atoms with Crippen LogP contribution in [0.25, 0.3) is 11.1 Å². The van der Waals surface area contributed by atoms with E-state index in [2.05, 4.69) is 10.1 Å². The number of esters is 1. The van der Waals surface area contributed by atoms with Crippen LogP contribution >= 0.6 is 0 Å². The summed E-state index contributed by atoms with van der Waals surface area (Å²) in [6.45, 7) is -0.0469. The normalized spacial score (nSPS) is 11.7. The fraction of sp³-hybridized carbons (Fsp3) is 0.414. The average molecular weight is 603 g/mol. The molecule has 2 aromatic carbocycles. The SMILES string of the molecule is O=C(O)CN(CC(=O)NCCOCCOCCOCCC(=O)OC(=O)O)C(=O)OCC1c2ccccc2-c2ccccc21. The van der Waals surface area contributed by atoms with Crippen LogP contribution in [0, 0.1) is 0 Å². The van der Waals surface area contributed by atoms with Gasteiger partial charge in [0.25, 0.3) is 0 Å². The van der Waals surface area contributed by atoms with Crippen LogP contribution in [0.4, 0.5) is 9.59 Å². The molecule has 0 radical (unpaired) electrons. The minimum atomic E-state index is -1.67. The number of hydrogen-bond donors (Lipinski definition) is 3. The van der Waals surface area contributed by atoms with Gasteiger partial charge in [-0.1, -0.05) is 48.5 Å². The maximum atomic E-state index is 12.8. The smallest absolute Gasteiger partial charge is 0.480 e. The summed E-state index contributed by atoms with van der Waals surface area (Å²) >= 11 is 0. The minimum absolute atomic E-state index is 0.00311. The van der Waals surface area contributed by atoms with Crippen molar-refractivity contribution in [2.45, 2.75) is 12.3 Å². The van der Waals surface area contributed by atoms with E-state index in [1.54, 1.807) is 0 Å². The lowest BCUT2D eigenvalue weighted by molar-refractivity contribution is -0.140. The van der Waals surface area contributed by atoms with E-state index in [4.69, 9.17) is 24.1 Å². The first-order chi connectivity index (χ1) is 20.8. The summed E-state index contributed by atoms with van der Waals surface area (Å²) in [5.41, 5.74) is 4.13. The van der Waals surface area contributed by atoms with Crippen molar-refractivity contribution in [1.82, 2.24) is 10.2 Å². The zero-order valence-corrected chi connectivity index (χ0v) is 23.4. The molecular weight excluding hydrogens is 568 g/mol.